The molecule has 1 aromatic rings. The average Bonchev–Trinajstić information content (AvgIpc) is 2.36. The van der Waals surface area contributed by atoms with Crippen LogP contribution in [0, 0.1) is 10.1 Å². The third-order valence-corrected chi connectivity index (χ3v) is 3.01. The molecule has 1 N–H and O–H groups in total. The number of nitro groups is 1. The van der Waals surface area contributed by atoms with Crippen LogP contribution in [-0.4, -0.2) is 46.3 Å². The van der Waals surface area contributed by atoms with Gasteiger partial charge in [0.2, 0.25) is 0 Å². The first-order chi connectivity index (χ1) is 9.38. The van der Waals surface area contributed by atoms with Crippen LogP contribution in [0.1, 0.15) is 24.2 Å². The van der Waals surface area contributed by atoms with Gasteiger partial charge in [-0.05, 0) is 13.8 Å². The first-order valence-corrected chi connectivity index (χ1v) is 6.16. The van der Waals surface area contributed by atoms with E-state index < -0.39 is 10.9 Å². The lowest BCUT2D eigenvalue weighted by molar-refractivity contribution is -0.385. The minimum atomic E-state index is -1.23. The van der Waals surface area contributed by atoms with Gasteiger partial charge in [0.05, 0.1) is 17.1 Å². The Kier molecular flexibility index (Phi) is 3.84. The van der Waals surface area contributed by atoms with Crippen molar-refractivity contribution in [3.63, 3.8) is 0 Å². The van der Waals surface area contributed by atoms with E-state index in [1.807, 2.05) is 13.8 Å². The van der Waals surface area contributed by atoms with Gasteiger partial charge in [0, 0.05) is 19.2 Å². The lowest BCUT2D eigenvalue weighted by Crippen LogP contribution is -2.46. The molecule has 1 aliphatic heterocycles. The second-order valence-corrected chi connectivity index (χ2v) is 4.79. The van der Waals surface area contributed by atoms with Crippen LogP contribution in [0.25, 0.3) is 0 Å². The van der Waals surface area contributed by atoms with Crippen molar-refractivity contribution in [1.29, 1.82) is 0 Å². The Bertz CT molecular complexity index is 538. The molecule has 1 aliphatic rings. The van der Waals surface area contributed by atoms with Crippen LogP contribution in [0.4, 0.5) is 11.5 Å². The second kappa shape index (κ2) is 5.41. The Morgan fingerprint density at radius 1 is 1.50 bits per heavy atom. The number of nitrogens with zero attached hydrogens (tertiary/aromatic N) is 3. The Morgan fingerprint density at radius 2 is 2.10 bits per heavy atom. The van der Waals surface area contributed by atoms with E-state index in [1.54, 1.807) is 4.90 Å². The van der Waals surface area contributed by atoms with Gasteiger partial charge in [-0.25, -0.2) is 9.78 Å². The van der Waals surface area contributed by atoms with Gasteiger partial charge in [0.15, 0.2) is 0 Å². The third kappa shape index (κ3) is 2.85. The van der Waals surface area contributed by atoms with E-state index in [1.165, 1.54) is 0 Å². The number of rotatable bonds is 3. The van der Waals surface area contributed by atoms with Crippen LogP contribution >= 0.6 is 0 Å². The summed E-state index contributed by atoms with van der Waals surface area (Å²) in [5.74, 6) is -0.993. The molecular weight excluding hydrogens is 266 g/mol. The Hall–Kier alpha value is -2.22. The van der Waals surface area contributed by atoms with Crippen LogP contribution in [0.3, 0.4) is 0 Å². The largest absolute Gasteiger partial charge is 0.478 e. The van der Waals surface area contributed by atoms with E-state index in [0.29, 0.717) is 13.1 Å². The molecule has 1 fully saturated rings. The summed E-state index contributed by atoms with van der Waals surface area (Å²) in [6, 6.07) is 1.04. The molecule has 2 heterocycles. The summed E-state index contributed by atoms with van der Waals surface area (Å²) >= 11 is 0. The second-order valence-electron chi connectivity index (χ2n) is 4.79. The molecule has 8 heteroatoms. The van der Waals surface area contributed by atoms with Gasteiger partial charge in [-0.3, -0.25) is 10.1 Å². The minimum absolute atomic E-state index is 0.0580. The molecule has 1 saturated heterocycles. The number of ether oxygens (including phenoxy) is 1. The summed E-state index contributed by atoms with van der Waals surface area (Å²) in [7, 11) is 0. The van der Waals surface area contributed by atoms with E-state index in [0.717, 1.165) is 12.3 Å². The number of anilines is 1. The van der Waals surface area contributed by atoms with E-state index in [4.69, 9.17) is 4.74 Å². The van der Waals surface area contributed by atoms with Crippen LogP contribution in [-0.2, 0) is 4.74 Å². The number of hydrogen-bond acceptors (Lipinski definition) is 6. The minimum Gasteiger partial charge on any atom is -0.478 e. The highest BCUT2D eigenvalue weighted by Gasteiger charge is 2.27. The predicted molar refractivity (Wildman–Crippen MR) is 70.1 cm³/mol. The number of pyridine rings is 1. The van der Waals surface area contributed by atoms with Gasteiger partial charge in [-0.2, -0.15) is 0 Å². The number of carboxylic acid groups (broad SMARTS) is 1. The number of aromatic carboxylic acids is 1. The highest BCUT2D eigenvalue weighted by molar-refractivity contribution is 5.94. The zero-order chi connectivity index (χ0) is 14.9. The number of aromatic nitrogens is 1. The highest BCUT2D eigenvalue weighted by atomic mass is 16.6. The van der Waals surface area contributed by atoms with Gasteiger partial charge >= 0.3 is 5.97 Å². The lowest BCUT2D eigenvalue weighted by Gasteiger charge is -2.36. The highest BCUT2D eigenvalue weighted by Crippen LogP contribution is 2.25. The summed E-state index contributed by atoms with van der Waals surface area (Å²) in [6.07, 6.45) is 0.960. The fourth-order valence-corrected chi connectivity index (χ4v) is 2.31. The summed E-state index contributed by atoms with van der Waals surface area (Å²) in [5, 5.41) is 19.9. The Labute approximate surface area is 115 Å². The Balaban J connectivity index is 2.40. The standard InChI is InChI=1S/C12H15N3O5/c1-7-5-14(6-8(2)20-7)11-10(12(16)17)3-9(4-13-11)15(18)19/h3-4,7-8H,5-6H2,1-2H3,(H,16,17). The molecule has 0 bridgehead atoms. The molecule has 0 aromatic carbocycles. The normalized spacial score (nSPS) is 22.6. The molecular formula is C12H15N3O5. The fraction of sp³-hybridized carbons (Fsp3) is 0.500. The summed E-state index contributed by atoms with van der Waals surface area (Å²) < 4.78 is 5.58. The van der Waals surface area contributed by atoms with Gasteiger partial charge < -0.3 is 14.7 Å². The summed E-state index contributed by atoms with van der Waals surface area (Å²) in [4.78, 5) is 27.1. The van der Waals surface area contributed by atoms with Gasteiger partial charge in [-0.1, -0.05) is 0 Å². The maximum Gasteiger partial charge on any atom is 0.339 e. The molecule has 1 aromatic heterocycles. The topological polar surface area (TPSA) is 106 Å². The molecule has 20 heavy (non-hydrogen) atoms. The third-order valence-electron chi connectivity index (χ3n) is 3.01. The van der Waals surface area contributed by atoms with Crippen molar-refractivity contribution in [2.75, 3.05) is 18.0 Å². The van der Waals surface area contributed by atoms with E-state index >= 15 is 0 Å². The molecule has 0 amide bonds. The number of morpholine rings is 1. The predicted octanol–water partition coefficient (Wildman–Crippen LogP) is 1.30. The van der Waals surface area contributed by atoms with Crippen LogP contribution < -0.4 is 4.90 Å². The van der Waals surface area contributed by atoms with Crippen molar-refractivity contribution in [3.05, 3.63) is 27.9 Å². The van der Waals surface area contributed by atoms with Gasteiger partial charge in [0.1, 0.15) is 17.6 Å². The fourth-order valence-electron chi connectivity index (χ4n) is 2.31. The van der Waals surface area contributed by atoms with Gasteiger partial charge in [0.25, 0.3) is 5.69 Å². The first-order valence-electron chi connectivity index (χ1n) is 6.16. The quantitative estimate of drug-likeness (QED) is 0.657. The lowest BCUT2D eigenvalue weighted by atomic mass is 10.1. The maximum absolute atomic E-state index is 11.3. The van der Waals surface area contributed by atoms with E-state index in [2.05, 4.69) is 4.98 Å². The SMILES string of the molecule is CC1CN(c2ncc([N+](=O)[O-])cc2C(=O)O)CC(C)O1. The first kappa shape index (κ1) is 14.2. The zero-order valence-corrected chi connectivity index (χ0v) is 11.1. The molecule has 0 spiro atoms. The van der Waals surface area contributed by atoms with Crippen LogP contribution in [0.5, 0.6) is 0 Å². The molecule has 2 atom stereocenters. The van der Waals surface area contributed by atoms with Crippen molar-refractivity contribution in [2.24, 2.45) is 0 Å². The molecule has 8 nitrogen and oxygen atoms in total. The van der Waals surface area contributed by atoms with Crippen molar-refractivity contribution in [1.82, 2.24) is 4.98 Å². The summed E-state index contributed by atoms with van der Waals surface area (Å²) in [6.45, 7) is 4.76. The molecule has 0 saturated carbocycles. The number of carbonyl (C=O) groups is 1. The van der Waals surface area contributed by atoms with Crippen molar-refractivity contribution >= 4 is 17.5 Å². The molecule has 2 unspecified atom stereocenters. The van der Waals surface area contributed by atoms with Crippen LogP contribution in [0.15, 0.2) is 12.3 Å². The molecule has 108 valence electrons. The average molecular weight is 281 g/mol. The van der Waals surface area contributed by atoms with Crippen molar-refractivity contribution < 1.29 is 19.6 Å². The molecule has 0 aliphatic carbocycles. The molecule has 2 rings (SSSR count). The van der Waals surface area contributed by atoms with Gasteiger partial charge in [-0.15, -0.1) is 0 Å². The zero-order valence-electron chi connectivity index (χ0n) is 11.1. The monoisotopic (exact) mass is 281 g/mol. The van der Waals surface area contributed by atoms with E-state index in [-0.39, 0.29) is 29.3 Å². The van der Waals surface area contributed by atoms with Crippen molar-refractivity contribution in [2.45, 2.75) is 26.1 Å². The smallest absolute Gasteiger partial charge is 0.339 e. The van der Waals surface area contributed by atoms with Crippen LogP contribution in [0.2, 0.25) is 0 Å². The van der Waals surface area contributed by atoms with E-state index in [9.17, 15) is 20.0 Å². The maximum atomic E-state index is 11.3. The Morgan fingerprint density at radius 3 is 2.60 bits per heavy atom. The number of hydrogen-bond donors (Lipinski definition) is 1. The number of carboxylic acids is 1. The van der Waals surface area contributed by atoms with Crippen molar-refractivity contribution in [3.8, 4) is 0 Å². The summed E-state index contributed by atoms with van der Waals surface area (Å²) in [5.41, 5.74) is -0.499. The molecule has 0 radical (unpaired) electrons.